The van der Waals surface area contributed by atoms with Gasteiger partial charge >= 0.3 is 5.97 Å². The van der Waals surface area contributed by atoms with Gasteiger partial charge in [-0.25, -0.2) is 4.79 Å². The highest BCUT2D eigenvalue weighted by Gasteiger charge is 2.43. The quantitative estimate of drug-likeness (QED) is 0.607. The Bertz CT molecular complexity index is 750. The molecule has 0 saturated carbocycles. The number of ether oxygens (including phenoxy) is 1. The standard InChI is InChI=1S/C19H25N3O4S/c1-11-18(24)22(13(3)21(11)14(4)23)16-8-6-15(7-9-16)10-17(19(25)26-5)20-12(2)27/h6-9,11,13,17H,10H2,1-5H3,(H,20,27). The lowest BCUT2D eigenvalue weighted by Gasteiger charge is -2.27. The number of amides is 2. The Morgan fingerprint density at radius 2 is 1.81 bits per heavy atom. The van der Waals surface area contributed by atoms with Gasteiger partial charge in [-0.05, 0) is 38.5 Å². The lowest BCUT2D eigenvalue weighted by atomic mass is 10.1. The van der Waals surface area contributed by atoms with Crippen LogP contribution in [0, 0.1) is 0 Å². The number of nitrogens with one attached hydrogen (secondary N) is 1. The molecule has 1 N–H and O–H groups in total. The van der Waals surface area contributed by atoms with Crippen LogP contribution in [0.2, 0.25) is 0 Å². The van der Waals surface area contributed by atoms with E-state index < -0.39 is 18.1 Å². The van der Waals surface area contributed by atoms with Crippen LogP contribution in [-0.4, -0.2) is 53.0 Å². The highest BCUT2D eigenvalue weighted by Crippen LogP contribution is 2.28. The second-order valence-corrected chi connectivity index (χ2v) is 7.20. The molecular weight excluding hydrogens is 366 g/mol. The van der Waals surface area contributed by atoms with Crippen molar-refractivity contribution < 1.29 is 19.1 Å². The normalized spacial score (nSPS) is 20.4. The number of thiocarbonyl (C=S) groups is 1. The maximum absolute atomic E-state index is 12.6. The SMILES string of the molecule is COC(=O)C(Cc1ccc(N2C(=O)C(C)N(C(C)=O)C2C)cc1)NC(C)=S. The van der Waals surface area contributed by atoms with Gasteiger partial charge in [0.1, 0.15) is 18.2 Å². The molecule has 1 saturated heterocycles. The van der Waals surface area contributed by atoms with Crippen molar-refractivity contribution in [1.29, 1.82) is 0 Å². The van der Waals surface area contributed by atoms with Crippen molar-refractivity contribution in [3.05, 3.63) is 29.8 Å². The topological polar surface area (TPSA) is 79.0 Å². The second kappa shape index (κ2) is 8.47. The van der Waals surface area contributed by atoms with Crippen LogP contribution in [-0.2, 0) is 25.5 Å². The van der Waals surface area contributed by atoms with Crippen LogP contribution < -0.4 is 10.2 Å². The number of anilines is 1. The first-order valence-electron chi connectivity index (χ1n) is 8.73. The summed E-state index contributed by atoms with van der Waals surface area (Å²) in [5, 5.41) is 2.94. The molecule has 7 nitrogen and oxygen atoms in total. The number of benzene rings is 1. The zero-order chi connectivity index (χ0) is 20.3. The van der Waals surface area contributed by atoms with Crippen molar-refractivity contribution in [2.45, 2.75) is 52.4 Å². The Morgan fingerprint density at radius 3 is 2.26 bits per heavy atom. The van der Waals surface area contributed by atoms with Gasteiger partial charge in [-0.15, -0.1) is 0 Å². The molecule has 3 unspecified atom stereocenters. The summed E-state index contributed by atoms with van der Waals surface area (Å²) in [4.78, 5) is 40.0. The number of nitrogens with zero attached hydrogens (tertiary/aromatic N) is 2. The van der Waals surface area contributed by atoms with Gasteiger partial charge in [0.05, 0.1) is 12.1 Å². The molecule has 8 heteroatoms. The maximum Gasteiger partial charge on any atom is 0.328 e. The van der Waals surface area contributed by atoms with Gasteiger partial charge in [-0.3, -0.25) is 14.5 Å². The molecule has 0 bridgehead atoms. The third kappa shape index (κ3) is 4.44. The number of rotatable bonds is 5. The zero-order valence-electron chi connectivity index (χ0n) is 16.2. The van der Waals surface area contributed by atoms with Gasteiger partial charge < -0.3 is 15.0 Å². The van der Waals surface area contributed by atoms with E-state index in [1.165, 1.54) is 14.0 Å². The largest absolute Gasteiger partial charge is 0.467 e. The summed E-state index contributed by atoms with van der Waals surface area (Å²) in [5.41, 5.74) is 1.61. The summed E-state index contributed by atoms with van der Waals surface area (Å²) >= 11 is 5.02. The minimum atomic E-state index is -0.570. The first-order chi connectivity index (χ1) is 12.7. The summed E-state index contributed by atoms with van der Waals surface area (Å²) in [6, 6.07) is 6.28. The van der Waals surface area contributed by atoms with E-state index in [0.29, 0.717) is 17.1 Å². The molecule has 1 fully saturated rings. The fourth-order valence-electron chi connectivity index (χ4n) is 3.44. The third-order valence-electron chi connectivity index (χ3n) is 4.67. The average molecular weight is 391 g/mol. The van der Waals surface area contributed by atoms with E-state index in [-0.39, 0.29) is 18.0 Å². The summed E-state index contributed by atoms with van der Waals surface area (Å²) in [6.07, 6.45) is 0.0539. The number of methoxy groups -OCH3 is 1. The zero-order valence-corrected chi connectivity index (χ0v) is 17.0. The monoisotopic (exact) mass is 391 g/mol. The lowest BCUT2D eigenvalue weighted by Crippen LogP contribution is -2.41. The highest BCUT2D eigenvalue weighted by atomic mass is 32.1. The van der Waals surface area contributed by atoms with Gasteiger partial charge in [-0.2, -0.15) is 0 Å². The number of hydrogen-bond acceptors (Lipinski definition) is 5. The van der Waals surface area contributed by atoms with Crippen LogP contribution in [0.5, 0.6) is 0 Å². The smallest absolute Gasteiger partial charge is 0.328 e. The lowest BCUT2D eigenvalue weighted by molar-refractivity contribution is -0.142. The molecule has 1 heterocycles. The fraction of sp³-hybridized carbons (Fsp3) is 0.474. The summed E-state index contributed by atoms with van der Waals surface area (Å²) in [6.45, 7) is 6.73. The number of carbonyl (C=O) groups is 3. The predicted octanol–water partition coefficient (Wildman–Crippen LogP) is 1.64. The summed E-state index contributed by atoms with van der Waals surface area (Å²) in [5.74, 6) is -0.640. The molecule has 0 aliphatic carbocycles. The average Bonchev–Trinajstić information content (AvgIpc) is 2.83. The van der Waals surface area contributed by atoms with Crippen LogP contribution in [0.25, 0.3) is 0 Å². The second-order valence-electron chi connectivity index (χ2n) is 6.59. The van der Waals surface area contributed by atoms with Gasteiger partial charge in [0, 0.05) is 19.0 Å². The molecule has 1 aromatic rings. The molecule has 3 atom stereocenters. The van der Waals surface area contributed by atoms with Gasteiger partial charge in [0.15, 0.2) is 0 Å². The molecular formula is C19H25N3O4S. The minimum Gasteiger partial charge on any atom is -0.467 e. The molecule has 27 heavy (non-hydrogen) atoms. The van der Waals surface area contributed by atoms with E-state index in [1.807, 2.05) is 31.2 Å². The van der Waals surface area contributed by atoms with Crippen LogP contribution in [0.4, 0.5) is 5.69 Å². The first-order valence-corrected chi connectivity index (χ1v) is 9.14. The molecule has 2 amide bonds. The molecule has 2 rings (SSSR count). The third-order valence-corrected chi connectivity index (χ3v) is 4.79. The Morgan fingerprint density at radius 1 is 1.22 bits per heavy atom. The van der Waals surface area contributed by atoms with E-state index >= 15 is 0 Å². The molecule has 1 aliphatic rings. The minimum absolute atomic E-state index is 0.115. The summed E-state index contributed by atoms with van der Waals surface area (Å²) < 4.78 is 4.81. The van der Waals surface area contributed by atoms with E-state index in [2.05, 4.69) is 5.32 Å². The fourth-order valence-corrected chi connectivity index (χ4v) is 3.58. The highest BCUT2D eigenvalue weighted by molar-refractivity contribution is 7.80. The van der Waals surface area contributed by atoms with E-state index in [9.17, 15) is 14.4 Å². The van der Waals surface area contributed by atoms with Gasteiger partial charge in [-0.1, -0.05) is 24.4 Å². The summed E-state index contributed by atoms with van der Waals surface area (Å²) in [7, 11) is 1.33. The van der Waals surface area contributed by atoms with Crippen LogP contribution in [0.3, 0.4) is 0 Å². The number of esters is 1. The van der Waals surface area contributed by atoms with Gasteiger partial charge in [0.25, 0.3) is 5.91 Å². The van der Waals surface area contributed by atoms with Gasteiger partial charge in [0.2, 0.25) is 5.91 Å². The van der Waals surface area contributed by atoms with Crippen molar-refractivity contribution in [1.82, 2.24) is 10.2 Å². The Balaban J connectivity index is 2.19. The Kier molecular flexibility index (Phi) is 6.54. The van der Waals surface area contributed by atoms with Crippen LogP contribution in [0.15, 0.2) is 24.3 Å². The number of carbonyl (C=O) groups excluding carboxylic acids is 3. The molecule has 1 aliphatic heterocycles. The van der Waals surface area contributed by atoms with Crippen molar-refractivity contribution in [2.75, 3.05) is 12.0 Å². The van der Waals surface area contributed by atoms with Crippen molar-refractivity contribution >= 4 is 40.7 Å². The molecule has 0 radical (unpaired) electrons. The molecule has 0 aromatic heterocycles. The van der Waals surface area contributed by atoms with Crippen LogP contribution >= 0.6 is 12.2 Å². The molecule has 0 spiro atoms. The van der Waals surface area contributed by atoms with E-state index in [1.54, 1.807) is 23.6 Å². The predicted molar refractivity (Wildman–Crippen MR) is 106 cm³/mol. The van der Waals surface area contributed by atoms with Crippen molar-refractivity contribution in [2.24, 2.45) is 0 Å². The van der Waals surface area contributed by atoms with E-state index in [4.69, 9.17) is 17.0 Å². The molecule has 146 valence electrons. The maximum atomic E-state index is 12.6. The Labute approximate surface area is 164 Å². The Hall–Kier alpha value is -2.48. The van der Waals surface area contributed by atoms with E-state index in [0.717, 1.165) is 5.56 Å². The van der Waals surface area contributed by atoms with Crippen LogP contribution in [0.1, 0.15) is 33.3 Å². The van der Waals surface area contributed by atoms with Crippen molar-refractivity contribution in [3.63, 3.8) is 0 Å². The molecule has 1 aromatic carbocycles. The number of hydrogen-bond donors (Lipinski definition) is 1. The first kappa shape index (κ1) is 20.8. The van der Waals surface area contributed by atoms with Crippen molar-refractivity contribution in [3.8, 4) is 0 Å².